The Morgan fingerprint density at radius 3 is 2.65 bits per heavy atom. The first-order valence-electron chi connectivity index (χ1n) is 9.83. The average Bonchev–Trinajstić information content (AvgIpc) is 2.79. The Labute approximate surface area is 184 Å². The van der Waals surface area contributed by atoms with E-state index in [0.717, 1.165) is 17.2 Å². The summed E-state index contributed by atoms with van der Waals surface area (Å²) < 4.78 is 19.4. The zero-order chi connectivity index (χ0) is 21.8. The molecule has 0 spiro atoms. The molecule has 4 rings (SSSR count). The van der Waals surface area contributed by atoms with Crippen molar-refractivity contribution >= 4 is 29.1 Å². The molecule has 0 aliphatic carbocycles. The topological polar surface area (TPSA) is 67.4 Å². The molecule has 1 aliphatic heterocycles. The molecule has 7 heteroatoms. The van der Waals surface area contributed by atoms with Gasteiger partial charge in [-0.25, -0.2) is 4.39 Å². The van der Waals surface area contributed by atoms with Crippen LogP contribution in [0.2, 0.25) is 5.02 Å². The molecule has 1 atom stereocenters. The van der Waals surface area contributed by atoms with Crippen LogP contribution < -0.4 is 15.4 Å². The summed E-state index contributed by atoms with van der Waals surface area (Å²) in [5.74, 6) is -0.835. The maximum Gasteiger partial charge on any atom is 0.255 e. The molecule has 2 N–H and O–H groups in total. The molecule has 0 saturated heterocycles. The second-order valence-electron chi connectivity index (χ2n) is 7.32. The van der Waals surface area contributed by atoms with Gasteiger partial charge < -0.3 is 15.4 Å². The summed E-state index contributed by atoms with van der Waals surface area (Å²) in [5, 5.41) is 5.64. The Morgan fingerprint density at radius 1 is 1.06 bits per heavy atom. The lowest BCUT2D eigenvalue weighted by Gasteiger charge is -2.25. The van der Waals surface area contributed by atoms with Crippen LogP contribution in [-0.2, 0) is 17.8 Å². The van der Waals surface area contributed by atoms with Crippen molar-refractivity contribution in [2.24, 2.45) is 5.92 Å². The van der Waals surface area contributed by atoms with Crippen LogP contribution in [-0.4, -0.2) is 18.4 Å². The van der Waals surface area contributed by atoms with Crippen molar-refractivity contribution < 1.29 is 18.7 Å². The molecule has 2 amide bonds. The molecule has 1 heterocycles. The van der Waals surface area contributed by atoms with Gasteiger partial charge >= 0.3 is 0 Å². The highest BCUT2D eigenvalue weighted by Crippen LogP contribution is 2.30. The Hall–Kier alpha value is -3.38. The van der Waals surface area contributed by atoms with Crippen LogP contribution >= 0.6 is 11.6 Å². The van der Waals surface area contributed by atoms with Gasteiger partial charge in [0.15, 0.2) is 0 Å². The minimum Gasteiger partial charge on any atom is -0.492 e. The third-order valence-corrected chi connectivity index (χ3v) is 5.39. The number of halogens is 2. The molecule has 0 bridgehead atoms. The lowest BCUT2D eigenvalue weighted by molar-refractivity contribution is -0.126. The number of hydrogen-bond donors (Lipinski definition) is 2. The molecule has 0 saturated carbocycles. The minimum atomic E-state index is -0.655. The fraction of sp³-hybridized carbons (Fsp3) is 0.167. The van der Waals surface area contributed by atoms with Crippen molar-refractivity contribution in [3.63, 3.8) is 0 Å². The molecule has 0 fully saturated rings. The van der Waals surface area contributed by atoms with Gasteiger partial charge in [-0.2, -0.15) is 0 Å². The summed E-state index contributed by atoms with van der Waals surface area (Å²) in [5.41, 5.74) is 2.55. The maximum atomic E-state index is 13.6. The first kappa shape index (κ1) is 20.9. The molecule has 158 valence electrons. The van der Waals surface area contributed by atoms with E-state index in [2.05, 4.69) is 10.6 Å². The average molecular weight is 439 g/mol. The highest BCUT2D eigenvalue weighted by atomic mass is 35.5. The normalized spacial score (nSPS) is 14.8. The number of ether oxygens (including phenoxy) is 1. The van der Waals surface area contributed by atoms with Crippen LogP contribution in [0.15, 0.2) is 66.7 Å². The second-order valence-corrected chi connectivity index (χ2v) is 7.73. The van der Waals surface area contributed by atoms with Crippen molar-refractivity contribution in [3.8, 4) is 5.75 Å². The summed E-state index contributed by atoms with van der Waals surface area (Å²) in [7, 11) is 0. The Morgan fingerprint density at radius 2 is 1.87 bits per heavy atom. The molecule has 5 nitrogen and oxygen atoms in total. The van der Waals surface area contributed by atoms with Crippen LogP contribution in [0.3, 0.4) is 0 Å². The number of carbonyl (C=O) groups is 2. The number of benzene rings is 3. The van der Waals surface area contributed by atoms with Gasteiger partial charge in [-0.15, -0.1) is 0 Å². The number of amides is 2. The van der Waals surface area contributed by atoms with Gasteiger partial charge in [0.05, 0.1) is 10.9 Å². The van der Waals surface area contributed by atoms with Crippen LogP contribution in [0.1, 0.15) is 21.5 Å². The molecule has 1 aliphatic rings. The van der Waals surface area contributed by atoms with Crippen LogP contribution in [0.5, 0.6) is 5.75 Å². The van der Waals surface area contributed by atoms with Crippen LogP contribution in [0, 0.1) is 11.7 Å². The van der Waals surface area contributed by atoms with E-state index in [-0.39, 0.29) is 22.4 Å². The molecule has 3 aromatic carbocycles. The smallest absolute Gasteiger partial charge is 0.255 e. The number of anilines is 1. The van der Waals surface area contributed by atoms with Crippen molar-refractivity contribution in [1.82, 2.24) is 5.32 Å². The van der Waals surface area contributed by atoms with E-state index in [1.54, 1.807) is 18.2 Å². The summed E-state index contributed by atoms with van der Waals surface area (Å²) in [6.45, 7) is 0.750. The molecular weight excluding hydrogens is 419 g/mol. The lowest BCUT2D eigenvalue weighted by atomic mass is 9.95. The van der Waals surface area contributed by atoms with E-state index in [1.807, 2.05) is 30.3 Å². The Bertz CT molecular complexity index is 1120. The number of carbonyl (C=O) groups excluding carboxylic acids is 2. The first-order valence-corrected chi connectivity index (χ1v) is 10.2. The van der Waals surface area contributed by atoms with Gasteiger partial charge in [0.25, 0.3) is 5.91 Å². The van der Waals surface area contributed by atoms with Gasteiger partial charge in [-0.3, -0.25) is 9.59 Å². The van der Waals surface area contributed by atoms with Crippen LogP contribution in [0.4, 0.5) is 10.1 Å². The van der Waals surface area contributed by atoms with Gasteiger partial charge in [-0.05, 0) is 53.9 Å². The summed E-state index contributed by atoms with van der Waals surface area (Å²) in [4.78, 5) is 25.0. The van der Waals surface area contributed by atoms with Crippen LogP contribution in [0.25, 0.3) is 0 Å². The highest BCUT2D eigenvalue weighted by molar-refractivity contribution is 6.30. The number of fused-ring (bicyclic) bond motifs is 1. The van der Waals surface area contributed by atoms with Crippen molar-refractivity contribution in [2.45, 2.75) is 13.0 Å². The molecular formula is C24H20ClFN2O3. The fourth-order valence-corrected chi connectivity index (χ4v) is 3.53. The first-order chi connectivity index (χ1) is 15.0. The van der Waals surface area contributed by atoms with E-state index in [9.17, 15) is 14.0 Å². The SMILES string of the molecule is O=C(Nc1ccc2c(c1)CC(C(=O)NCc1ccccc1)CO2)c1ccc(Cl)c(F)c1. The number of rotatable bonds is 5. The Kier molecular flexibility index (Phi) is 6.18. The summed E-state index contributed by atoms with van der Waals surface area (Å²) >= 11 is 5.67. The molecule has 31 heavy (non-hydrogen) atoms. The number of nitrogens with one attached hydrogen (secondary N) is 2. The summed E-state index contributed by atoms with van der Waals surface area (Å²) in [6.07, 6.45) is 0.495. The zero-order valence-corrected chi connectivity index (χ0v) is 17.3. The van der Waals surface area contributed by atoms with Gasteiger partial charge in [0.2, 0.25) is 5.91 Å². The van der Waals surface area contributed by atoms with Crippen molar-refractivity contribution in [3.05, 3.63) is 94.3 Å². The minimum absolute atomic E-state index is 0.0425. The molecule has 1 unspecified atom stereocenters. The molecule has 0 aromatic heterocycles. The predicted molar refractivity (Wildman–Crippen MR) is 117 cm³/mol. The Balaban J connectivity index is 1.40. The largest absolute Gasteiger partial charge is 0.492 e. The standard InChI is InChI=1S/C24H20ClFN2O3/c25-20-8-6-16(12-21(20)26)24(30)28-19-7-9-22-17(11-19)10-18(14-31-22)23(29)27-13-15-4-2-1-3-5-15/h1-9,11-12,18H,10,13-14H2,(H,27,29)(H,28,30). The highest BCUT2D eigenvalue weighted by Gasteiger charge is 2.26. The van der Waals surface area contributed by atoms with E-state index in [0.29, 0.717) is 31.0 Å². The molecule has 0 radical (unpaired) electrons. The third-order valence-electron chi connectivity index (χ3n) is 5.09. The van der Waals surface area contributed by atoms with Crippen molar-refractivity contribution in [1.29, 1.82) is 0 Å². The van der Waals surface area contributed by atoms with E-state index in [4.69, 9.17) is 16.3 Å². The van der Waals surface area contributed by atoms with Gasteiger partial charge in [-0.1, -0.05) is 41.9 Å². The predicted octanol–water partition coefficient (Wildman–Crippen LogP) is 4.60. The van der Waals surface area contributed by atoms with E-state index < -0.39 is 11.7 Å². The van der Waals surface area contributed by atoms with Gasteiger partial charge in [0, 0.05) is 17.8 Å². The van der Waals surface area contributed by atoms with Crippen molar-refractivity contribution in [2.75, 3.05) is 11.9 Å². The van der Waals surface area contributed by atoms with E-state index >= 15 is 0 Å². The summed E-state index contributed by atoms with van der Waals surface area (Å²) in [6, 6.07) is 18.8. The zero-order valence-electron chi connectivity index (χ0n) is 16.5. The van der Waals surface area contributed by atoms with Gasteiger partial charge in [0.1, 0.15) is 18.2 Å². The quantitative estimate of drug-likeness (QED) is 0.611. The third kappa shape index (κ3) is 5.03. The molecule has 3 aromatic rings. The number of hydrogen-bond acceptors (Lipinski definition) is 3. The maximum absolute atomic E-state index is 13.6. The lowest BCUT2D eigenvalue weighted by Crippen LogP contribution is -2.37. The fourth-order valence-electron chi connectivity index (χ4n) is 3.41. The second kappa shape index (κ2) is 9.18. The van der Waals surface area contributed by atoms with E-state index in [1.165, 1.54) is 12.1 Å². The monoisotopic (exact) mass is 438 g/mol.